The topological polar surface area (TPSA) is 69.9 Å². The fraction of sp³-hybridized carbons (Fsp3) is 0.455. The lowest BCUT2D eigenvalue weighted by molar-refractivity contribution is 0.397. The third-order valence-electron chi connectivity index (χ3n) is 5.50. The Labute approximate surface area is 164 Å². The molecule has 4 rings (SSSR count). The lowest BCUT2D eigenvalue weighted by Gasteiger charge is -2.14. The molecule has 0 aromatic carbocycles. The van der Waals surface area contributed by atoms with Crippen molar-refractivity contribution in [3.63, 3.8) is 0 Å². The van der Waals surface area contributed by atoms with Crippen molar-refractivity contribution in [3.05, 3.63) is 46.1 Å². The highest BCUT2D eigenvalue weighted by Gasteiger charge is 2.20. The first-order chi connectivity index (χ1) is 13.6. The average molecular weight is 378 g/mol. The second kappa shape index (κ2) is 7.70. The molecule has 0 saturated heterocycles. The van der Waals surface area contributed by atoms with Crippen LogP contribution in [0.25, 0.3) is 22.3 Å². The summed E-state index contributed by atoms with van der Waals surface area (Å²) in [6, 6.07) is 5.76. The van der Waals surface area contributed by atoms with E-state index < -0.39 is 0 Å². The first kappa shape index (κ1) is 18.6. The van der Waals surface area contributed by atoms with E-state index in [0.29, 0.717) is 23.8 Å². The van der Waals surface area contributed by atoms with Gasteiger partial charge in [0, 0.05) is 35.6 Å². The van der Waals surface area contributed by atoms with Gasteiger partial charge in [0.2, 0.25) is 5.88 Å². The van der Waals surface area contributed by atoms with Crippen LogP contribution in [0, 0.1) is 19.8 Å². The number of aromatic nitrogens is 4. The van der Waals surface area contributed by atoms with Crippen molar-refractivity contribution < 1.29 is 4.74 Å². The highest BCUT2D eigenvalue weighted by atomic mass is 16.5. The van der Waals surface area contributed by atoms with E-state index in [1.807, 2.05) is 25.1 Å². The van der Waals surface area contributed by atoms with Crippen molar-refractivity contribution in [2.24, 2.45) is 5.92 Å². The fourth-order valence-electron chi connectivity index (χ4n) is 3.73. The monoisotopic (exact) mass is 378 g/mol. The van der Waals surface area contributed by atoms with Crippen LogP contribution in [-0.2, 0) is 6.54 Å². The SMILES string of the molecule is COc1ccc(-c2ccnc3c2nc(C)c(=O)n3CCCCC2CC2)c(C)n1. The first-order valence-corrected chi connectivity index (χ1v) is 9.96. The number of hydrogen-bond acceptors (Lipinski definition) is 5. The van der Waals surface area contributed by atoms with Crippen LogP contribution >= 0.6 is 0 Å². The normalized spacial score (nSPS) is 13.8. The molecule has 146 valence electrons. The Balaban J connectivity index is 1.75. The van der Waals surface area contributed by atoms with Crippen molar-refractivity contribution in [1.29, 1.82) is 0 Å². The van der Waals surface area contributed by atoms with Gasteiger partial charge in [0.1, 0.15) is 11.2 Å². The Morgan fingerprint density at radius 1 is 1.07 bits per heavy atom. The second-order valence-corrected chi connectivity index (χ2v) is 7.61. The van der Waals surface area contributed by atoms with E-state index in [1.54, 1.807) is 24.8 Å². The zero-order valence-corrected chi connectivity index (χ0v) is 16.7. The molecule has 0 unspecified atom stereocenters. The molecule has 1 fully saturated rings. The Morgan fingerprint density at radius 2 is 1.89 bits per heavy atom. The summed E-state index contributed by atoms with van der Waals surface area (Å²) in [5.74, 6) is 1.50. The number of hydrogen-bond donors (Lipinski definition) is 0. The number of ether oxygens (including phenoxy) is 1. The minimum Gasteiger partial charge on any atom is -0.481 e. The first-order valence-electron chi connectivity index (χ1n) is 9.96. The summed E-state index contributed by atoms with van der Waals surface area (Å²) in [4.78, 5) is 26.4. The van der Waals surface area contributed by atoms with Crippen LogP contribution in [0.3, 0.4) is 0 Å². The van der Waals surface area contributed by atoms with Crippen molar-refractivity contribution in [2.75, 3.05) is 7.11 Å². The number of nitrogens with zero attached hydrogens (tertiary/aromatic N) is 4. The van der Waals surface area contributed by atoms with E-state index >= 15 is 0 Å². The number of rotatable bonds is 7. The van der Waals surface area contributed by atoms with E-state index in [-0.39, 0.29) is 5.56 Å². The van der Waals surface area contributed by atoms with Gasteiger partial charge in [-0.15, -0.1) is 0 Å². The van der Waals surface area contributed by atoms with Crippen molar-refractivity contribution in [3.8, 4) is 17.0 Å². The molecule has 0 radical (unpaired) electrons. The van der Waals surface area contributed by atoms with Crippen LogP contribution in [0.15, 0.2) is 29.2 Å². The van der Waals surface area contributed by atoms with Crippen molar-refractivity contribution >= 4 is 11.2 Å². The van der Waals surface area contributed by atoms with E-state index in [0.717, 1.165) is 41.1 Å². The molecule has 0 spiro atoms. The molecule has 6 heteroatoms. The lowest BCUT2D eigenvalue weighted by atomic mass is 10.0. The van der Waals surface area contributed by atoms with E-state index in [9.17, 15) is 4.79 Å². The molecule has 0 amide bonds. The zero-order valence-electron chi connectivity index (χ0n) is 16.7. The van der Waals surface area contributed by atoms with Gasteiger partial charge in [0.15, 0.2) is 5.65 Å². The van der Waals surface area contributed by atoms with Crippen LogP contribution < -0.4 is 10.3 Å². The van der Waals surface area contributed by atoms with E-state index in [4.69, 9.17) is 4.74 Å². The molecule has 1 aliphatic rings. The fourth-order valence-corrected chi connectivity index (χ4v) is 3.73. The predicted molar refractivity (Wildman–Crippen MR) is 110 cm³/mol. The smallest absolute Gasteiger partial charge is 0.273 e. The van der Waals surface area contributed by atoms with Crippen molar-refractivity contribution in [2.45, 2.75) is 52.5 Å². The van der Waals surface area contributed by atoms with Gasteiger partial charge in [-0.25, -0.2) is 15.0 Å². The van der Waals surface area contributed by atoms with Gasteiger partial charge in [-0.1, -0.05) is 25.7 Å². The number of aryl methyl sites for hydroxylation is 3. The Hall–Kier alpha value is -2.76. The van der Waals surface area contributed by atoms with Gasteiger partial charge in [-0.2, -0.15) is 0 Å². The van der Waals surface area contributed by atoms with E-state index in [1.165, 1.54) is 19.3 Å². The summed E-state index contributed by atoms with van der Waals surface area (Å²) >= 11 is 0. The maximum atomic E-state index is 12.8. The van der Waals surface area contributed by atoms with Gasteiger partial charge >= 0.3 is 0 Å². The van der Waals surface area contributed by atoms with Crippen LogP contribution in [0.4, 0.5) is 0 Å². The Morgan fingerprint density at radius 3 is 2.61 bits per heavy atom. The van der Waals surface area contributed by atoms with Crippen LogP contribution in [0.1, 0.15) is 43.5 Å². The molecule has 3 aromatic heterocycles. The molecule has 0 bridgehead atoms. The number of fused-ring (bicyclic) bond motifs is 1. The molecule has 1 saturated carbocycles. The molecule has 28 heavy (non-hydrogen) atoms. The van der Waals surface area contributed by atoms with E-state index in [2.05, 4.69) is 15.0 Å². The number of pyridine rings is 2. The summed E-state index contributed by atoms with van der Waals surface area (Å²) in [7, 11) is 1.61. The molecule has 0 atom stereocenters. The summed E-state index contributed by atoms with van der Waals surface area (Å²) in [5.41, 5.74) is 4.61. The number of methoxy groups -OCH3 is 1. The lowest BCUT2D eigenvalue weighted by Crippen LogP contribution is -2.25. The molecule has 3 heterocycles. The van der Waals surface area contributed by atoms with Crippen LogP contribution in [0.2, 0.25) is 0 Å². The molecule has 0 aliphatic heterocycles. The van der Waals surface area contributed by atoms with Gasteiger partial charge in [-0.3, -0.25) is 9.36 Å². The molecule has 6 nitrogen and oxygen atoms in total. The van der Waals surface area contributed by atoms with Gasteiger partial charge < -0.3 is 4.74 Å². The maximum absolute atomic E-state index is 12.8. The summed E-state index contributed by atoms with van der Waals surface area (Å²) in [6.45, 7) is 4.41. The molecule has 3 aromatic rings. The minimum absolute atomic E-state index is 0.0480. The quantitative estimate of drug-likeness (QED) is 0.580. The van der Waals surface area contributed by atoms with Crippen LogP contribution in [0.5, 0.6) is 5.88 Å². The Bertz CT molecular complexity index is 1070. The third-order valence-corrected chi connectivity index (χ3v) is 5.50. The summed E-state index contributed by atoms with van der Waals surface area (Å²) in [5, 5.41) is 0. The molecular weight excluding hydrogens is 352 g/mol. The predicted octanol–water partition coefficient (Wildman–Crippen LogP) is 4.06. The highest BCUT2D eigenvalue weighted by Crippen LogP contribution is 2.34. The second-order valence-electron chi connectivity index (χ2n) is 7.61. The molecular formula is C22H26N4O2. The average Bonchev–Trinajstić information content (AvgIpc) is 3.52. The third kappa shape index (κ3) is 3.63. The highest BCUT2D eigenvalue weighted by molar-refractivity contribution is 5.90. The molecule has 1 aliphatic carbocycles. The minimum atomic E-state index is -0.0480. The maximum Gasteiger partial charge on any atom is 0.273 e. The Kier molecular flexibility index (Phi) is 5.11. The number of unbranched alkanes of at least 4 members (excludes halogenated alkanes) is 1. The van der Waals surface area contributed by atoms with Crippen molar-refractivity contribution in [1.82, 2.24) is 19.5 Å². The van der Waals surface area contributed by atoms with Gasteiger partial charge in [0.25, 0.3) is 5.56 Å². The summed E-state index contributed by atoms with van der Waals surface area (Å²) < 4.78 is 7.01. The zero-order chi connectivity index (χ0) is 19.7. The van der Waals surface area contributed by atoms with Crippen LogP contribution in [-0.4, -0.2) is 26.6 Å². The molecule has 0 N–H and O–H groups in total. The van der Waals surface area contributed by atoms with Gasteiger partial charge in [0.05, 0.1) is 7.11 Å². The van der Waals surface area contributed by atoms with Gasteiger partial charge in [-0.05, 0) is 38.3 Å². The summed E-state index contributed by atoms with van der Waals surface area (Å²) in [6.07, 6.45) is 7.91. The largest absolute Gasteiger partial charge is 0.481 e. The standard InChI is InChI=1S/C22H26N4O2/c1-14-17(9-10-19(24-14)28-3)18-11-12-23-21-20(18)25-15(2)22(27)26(21)13-5-4-6-16-7-8-16/h9-12,16H,4-8,13H2,1-3H3.